The Morgan fingerprint density at radius 3 is 2.52 bits per heavy atom. The number of halogens is 1. The first-order valence-corrected chi connectivity index (χ1v) is 6.66. The van der Waals surface area contributed by atoms with Crippen LogP contribution in [0.5, 0.6) is 0 Å². The average Bonchev–Trinajstić information content (AvgIpc) is 2.88. The second-order valence-corrected chi connectivity index (χ2v) is 5.32. The van der Waals surface area contributed by atoms with Gasteiger partial charge in [-0.05, 0) is 24.3 Å². The van der Waals surface area contributed by atoms with E-state index in [0.717, 1.165) is 11.3 Å². The van der Waals surface area contributed by atoms with Gasteiger partial charge in [-0.2, -0.15) is 0 Å². The molecule has 0 atom stereocenters. The van der Waals surface area contributed by atoms with Gasteiger partial charge in [0.15, 0.2) is 0 Å². The molecule has 0 radical (unpaired) electrons. The number of nitrogens with zero attached hydrogens (tertiary/aromatic N) is 1. The van der Waals surface area contributed by atoms with Gasteiger partial charge in [0.05, 0.1) is 20.4 Å². The lowest BCUT2D eigenvalue weighted by atomic mass is 10.2. The summed E-state index contributed by atoms with van der Waals surface area (Å²) in [6.07, 6.45) is 0. The molecule has 1 aromatic heterocycles. The lowest BCUT2D eigenvalue weighted by Crippen LogP contribution is -2.10. The molecule has 2 aromatic rings. The number of carboxylic acid groups (broad SMARTS) is 1. The van der Waals surface area contributed by atoms with E-state index in [1.54, 1.807) is 0 Å². The van der Waals surface area contributed by atoms with Crippen molar-refractivity contribution in [1.29, 1.82) is 0 Å². The zero-order chi connectivity index (χ0) is 15.6. The average molecular weight is 327 g/mol. The number of aromatic carboxylic acids is 1. The molecule has 0 aliphatic rings. The Bertz CT molecular complexity index is 743. The lowest BCUT2D eigenvalue weighted by molar-refractivity contribution is -0.380. The van der Waals surface area contributed by atoms with Crippen molar-refractivity contribution in [2.75, 3.05) is 5.32 Å². The molecule has 2 rings (SSSR count). The Morgan fingerprint density at radius 1 is 1.29 bits per heavy atom. The van der Waals surface area contributed by atoms with Gasteiger partial charge in [0.1, 0.15) is 0 Å². The molecule has 108 valence electrons. The highest BCUT2D eigenvalue weighted by Gasteiger charge is 2.16. The van der Waals surface area contributed by atoms with Crippen LogP contribution in [0, 0.1) is 10.1 Å². The van der Waals surface area contributed by atoms with E-state index in [1.807, 2.05) is 0 Å². The minimum Gasteiger partial charge on any atom is -0.478 e. The number of amides is 1. The Labute approximate surface area is 126 Å². The van der Waals surface area contributed by atoms with Crippen LogP contribution in [-0.4, -0.2) is 21.9 Å². The van der Waals surface area contributed by atoms with Crippen LogP contribution in [-0.2, 0) is 0 Å². The molecule has 0 saturated heterocycles. The van der Waals surface area contributed by atoms with Crippen molar-refractivity contribution >= 4 is 45.5 Å². The first-order chi connectivity index (χ1) is 9.88. The fraction of sp³-hybridized carbons (Fsp3) is 0. The number of thiophene rings is 1. The summed E-state index contributed by atoms with van der Waals surface area (Å²) in [5, 5.41) is 21.7. The van der Waals surface area contributed by atoms with Crippen molar-refractivity contribution in [3.8, 4) is 0 Å². The van der Waals surface area contributed by atoms with Gasteiger partial charge in [-0.1, -0.05) is 22.9 Å². The van der Waals surface area contributed by atoms with Crippen LogP contribution in [0.2, 0.25) is 5.02 Å². The quantitative estimate of drug-likeness (QED) is 0.662. The topological polar surface area (TPSA) is 110 Å². The molecule has 7 nitrogen and oxygen atoms in total. The predicted octanol–water partition coefficient (Wildman–Crippen LogP) is 3.26. The molecular formula is C12H7ClN2O5S. The third kappa shape index (κ3) is 3.36. The van der Waals surface area contributed by atoms with E-state index in [-0.39, 0.29) is 20.5 Å². The van der Waals surface area contributed by atoms with Gasteiger partial charge < -0.3 is 10.4 Å². The molecule has 1 amide bonds. The summed E-state index contributed by atoms with van der Waals surface area (Å²) < 4.78 is 0. The fourth-order valence-corrected chi connectivity index (χ4v) is 2.48. The molecule has 21 heavy (non-hydrogen) atoms. The Balaban J connectivity index is 2.17. The molecule has 0 saturated carbocycles. The monoisotopic (exact) mass is 326 g/mol. The molecule has 9 heteroatoms. The van der Waals surface area contributed by atoms with Crippen LogP contribution in [0.4, 0.5) is 10.7 Å². The number of nitrogens with one attached hydrogen (secondary N) is 1. The van der Waals surface area contributed by atoms with E-state index >= 15 is 0 Å². The maximum atomic E-state index is 11.9. The van der Waals surface area contributed by atoms with Gasteiger partial charge in [-0.15, -0.1) is 0 Å². The number of anilines is 1. The van der Waals surface area contributed by atoms with E-state index in [9.17, 15) is 19.7 Å². The number of benzene rings is 1. The molecule has 1 aromatic carbocycles. The van der Waals surface area contributed by atoms with E-state index in [4.69, 9.17) is 16.7 Å². The fourth-order valence-electron chi connectivity index (χ4n) is 1.51. The number of hydrogen-bond donors (Lipinski definition) is 2. The minimum absolute atomic E-state index is 0.0162. The van der Waals surface area contributed by atoms with Crippen LogP contribution in [0.1, 0.15) is 20.0 Å². The van der Waals surface area contributed by atoms with Gasteiger partial charge in [-0.25, -0.2) is 4.79 Å². The Kier molecular flexibility index (Phi) is 4.20. The number of nitro groups is 1. The third-order valence-electron chi connectivity index (χ3n) is 2.45. The lowest BCUT2D eigenvalue weighted by Gasteiger charge is -2.05. The standard InChI is InChI=1S/C12H7ClN2O5S/c13-8-5-6(1-2-7(8)12(17)18)14-11(16)9-3-4-10(21-9)15(19)20/h1-5H,(H,14,16)(H,17,18). The summed E-state index contributed by atoms with van der Waals surface area (Å²) >= 11 is 6.52. The summed E-state index contributed by atoms with van der Waals surface area (Å²) in [6.45, 7) is 0. The number of carbonyl (C=O) groups excluding carboxylic acids is 1. The SMILES string of the molecule is O=C(Nc1ccc(C(=O)O)c(Cl)c1)c1ccc([N+](=O)[O-])s1. The van der Waals surface area contributed by atoms with Gasteiger partial charge in [-0.3, -0.25) is 14.9 Å². The van der Waals surface area contributed by atoms with Crippen LogP contribution in [0.3, 0.4) is 0 Å². The second-order valence-electron chi connectivity index (χ2n) is 3.85. The van der Waals surface area contributed by atoms with Crippen LogP contribution >= 0.6 is 22.9 Å². The van der Waals surface area contributed by atoms with Crippen molar-refractivity contribution < 1.29 is 19.6 Å². The predicted molar refractivity (Wildman–Crippen MR) is 77.3 cm³/mol. The highest BCUT2D eigenvalue weighted by molar-refractivity contribution is 7.17. The van der Waals surface area contributed by atoms with Crippen LogP contribution in [0.25, 0.3) is 0 Å². The number of hydrogen-bond acceptors (Lipinski definition) is 5. The summed E-state index contributed by atoms with van der Waals surface area (Å²) in [7, 11) is 0. The molecule has 0 spiro atoms. The smallest absolute Gasteiger partial charge is 0.337 e. The normalized spacial score (nSPS) is 10.1. The molecule has 0 unspecified atom stereocenters. The van der Waals surface area contributed by atoms with Crippen molar-refractivity contribution in [2.45, 2.75) is 0 Å². The summed E-state index contributed by atoms with van der Waals surface area (Å²) in [5.41, 5.74) is 0.215. The summed E-state index contributed by atoms with van der Waals surface area (Å²) in [5.74, 6) is -1.71. The number of rotatable bonds is 4. The van der Waals surface area contributed by atoms with Crippen molar-refractivity contribution in [3.05, 3.63) is 55.9 Å². The van der Waals surface area contributed by atoms with E-state index in [2.05, 4.69) is 5.32 Å². The molecule has 0 aliphatic heterocycles. The Morgan fingerprint density at radius 2 is 2.00 bits per heavy atom. The minimum atomic E-state index is -1.17. The van der Waals surface area contributed by atoms with Gasteiger partial charge in [0.25, 0.3) is 5.91 Å². The molecule has 0 bridgehead atoms. The molecule has 1 heterocycles. The number of carboxylic acids is 1. The Hall–Kier alpha value is -2.45. The van der Waals surface area contributed by atoms with Crippen LogP contribution < -0.4 is 5.32 Å². The number of carbonyl (C=O) groups is 2. The maximum absolute atomic E-state index is 11.9. The molecule has 0 fully saturated rings. The van der Waals surface area contributed by atoms with Crippen molar-refractivity contribution in [1.82, 2.24) is 0 Å². The van der Waals surface area contributed by atoms with Crippen LogP contribution in [0.15, 0.2) is 30.3 Å². The van der Waals surface area contributed by atoms with E-state index in [1.165, 1.54) is 30.3 Å². The third-order valence-corrected chi connectivity index (χ3v) is 3.80. The van der Waals surface area contributed by atoms with E-state index in [0.29, 0.717) is 5.69 Å². The largest absolute Gasteiger partial charge is 0.478 e. The van der Waals surface area contributed by atoms with Gasteiger partial charge >= 0.3 is 11.0 Å². The van der Waals surface area contributed by atoms with Crippen molar-refractivity contribution in [2.24, 2.45) is 0 Å². The highest BCUT2D eigenvalue weighted by Crippen LogP contribution is 2.26. The van der Waals surface area contributed by atoms with E-state index < -0.39 is 16.8 Å². The summed E-state index contributed by atoms with van der Waals surface area (Å²) in [4.78, 5) is 32.8. The first-order valence-electron chi connectivity index (χ1n) is 5.47. The zero-order valence-corrected chi connectivity index (χ0v) is 11.8. The highest BCUT2D eigenvalue weighted by atomic mass is 35.5. The first kappa shape index (κ1) is 14.9. The maximum Gasteiger partial charge on any atom is 0.337 e. The van der Waals surface area contributed by atoms with Gasteiger partial charge in [0, 0.05) is 11.8 Å². The second kappa shape index (κ2) is 5.90. The molecule has 0 aliphatic carbocycles. The molecular weight excluding hydrogens is 320 g/mol. The van der Waals surface area contributed by atoms with Crippen molar-refractivity contribution in [3.63, 3.8) is 0 Å². The summed E-state index contributed by atoms with van der Waals surface area (Å²) in [6, 6.07) is 6.52. The van der Waals surface area contributed by atoms with Gasteiger partial charge in [0.2, 0.25) is 0 Å². The molecule has 2 N–H and O–H groups in total. The zero-order valence-electron chi connectivity index (χ0n) is 10.2.